The molecule has 2 aromatic carbocycles. The molecule has 2 aromatic rings. The second-order valence-electron chi connectivity index (χ2n) is 7.94. The highest BCUT2D eigenvalue weighted by atomic mass is 16.5. The average Bonchev–Trinajstić information content (AvgIpc) is 2.65. The molecule has 0 aromatic heterocycles. The summed E-state index contributed by atoms with van der Waals surface area (Å²) in [6.45, 7) is 12.8. The number of hydrogen-bond donors (Lipinski definition) is 0. The third-order valence-corrected chi connectivity index (χ3v) is 4.91. The van der Waals surface area contributed by atoms with Gasteiger partial charge in [-0.25, -0.2) is 4.79 Å². The lowest BCUT2D eigenvalue weighted by molar-refractivity contribution is 0.0600. The van der Waals surface area contributed by atoms with Gasteiger partial charge in [-0.3, -0.25) is 4.79 Å². The molecule has 0 aliphatic rings. The van der Waals surface area contributed by atoms with Gasteiger partial charge in [0, 0.05) is 11.1 Å². The quantitative estimate of drug-likeness (QED) is 0.460. The van der Waals surface area contributed by atoms with Crippen LogP contribution in [0, 0.1) is 0 Å². The van der Waals surface area contributed by atoms with Crippen LogP contribution in [0.2, 0.25) is 0 Å². The van der Waals surface area contributed by atoms with E-state index in [1.165, 1.54) is 12.7 Å². The maximum atomic E-state index is 13.5. The molecular weight excluding hydrogens is 336 g/mol. The number of rotatable bonds is 6. The Morgan fingerprint density at radius 2 is 1.30 bits per heavy atom. The fourth-order valence-electron chi connectivity index (χ4n) is 3.27. The number of esters is 1. The summed E-state index contributed by atoms with van der Waals surface area (Å²) in [6.07, 6.45) is 0. The lowest BCUT2D eigenvalue weighted by atomic mass is 9.81. The molecule has 0 unspecified atom stereocenters. The van der Waals surface area contributed by atoms with E-state index in [1.807, 2.05) is 0 Å². The van der Waals surface area contributed by atoms with Crippen LogP contribution < -0.4 is 0 Å². The second kappa shape index (κ2) is 8.51. The second-order valence-corrected chi connectivity index (χ2v) is 7.94. The first-order chi connectivity index (χ1) is 12.7. The van der Waals surface area contributed by atoms with Gasteiger partial charge in [0.1, 0.15) is 0 Å². The Morgan fingerprint density at radius 1 is 0.778 bits per heavy atom. The molecule has 0 spiro atoms. The van der Waals surface area contributed by atoms with Gasteiger partial charge in [-0.05, 0) is 46.6 Å². The molecule has 3 nitrogen and oxygen atoms in total. The summed E-state index contributed by atoms with van der Waals surface area (Å²) in [5, 5.41) is 0. The van der Waals surface area contributed by atoms with E-state index >= 15 is 0 Å². The molecule has 27 heavy (non-hydrogen) atoms. The number of carbonyl (C=O) groups is 2. The van der Waals surface area contributed by atoms with E-state index in [0.717, 1.165) is 16.7 Å². The number of ketones is 1. The summed E-state index contributed by atoms with van der Waals surface area (Å²) in [5.41, 5.74) is 5.06. The molecule has 0 amide bonds. The van der Waals surface area contributed by atoms with E-state index in [0.29, 0.717) is 17.0 Å². The van der Waals surface area contributed by atoms with Crippen molar-refractivity contribution in [3.8, 4) is 0 Å². The molecule has 3 heteroatoms. The van der Waals surface area contributed by atoms with Crippen molar-refractivity contribution in [2.75, 3.05) is 7.11 Å². The van der Waals surface area contributed by atoms with E-state index < -0.39 is 5.97 Å². The van der Waals surface area contributed by atoms with Crippen molar-refractivity contribution >= 4 is 11.8 Å². The zero-order valence-electron chi connectivity index (χ0n) is 17.4. The first kappa shape index (κ1) is 20.9. The van der Waals surface area contributed by atoms with Gasteiger partial charge in [0.2, 0.25) is 0 Å². The molecule has 144 valence electrons. The average molecular weight is 367 g/mol. The van der Waals surface area contributed by atoms with E-state index in [4.69, 9.17) is 4.74 Å². The zero-order valence-corrected chi connectivity index (χ0v) is 17.4. The number of methoxy groups -OCH3 is 1. The van der Waals surface area contributed by atoms with Gasteiger partial charge in [-0.15, -0.1) is 0 Å². The Bertz CT molecular complexity index is 815. The van der Waals surface area contributed by atoms with E-state index in [9.17, 15) is 9.59 Å². The number of ether oxygens (including phenoxy) is 1. The van der Waals surface area contributed by atoms with Crippen molar-refractivity contribution in [2.45, 2.75) is 59.3 Å². The third-order valence-electron chi connectivity index (χ3n) is 4.91. The molecule has 0 atom stereocenters. The summed E-state index contributed by atoms with van der Waals surface area (Å²) >= 11 is 0. The molecule has 0 saturated heterocycles. The lowest BCUT2D eigenvalue weighted by Crippen LogP contribution is -2.14. The number of benzene rings is 2. The Morgan fingerprint density at radius 3 is 1.74 bits per heavy atom. The molecule has 0 heterocycles. The van der Waals surface area contributed by atoms with Crippen LogP contribution >= 0.6 is 0 Å². The molecule has 0 bridgehead atoms. The fraction of sp³-hybridized carbons (Fsp3) is 0.417. The summed E-state index contributed by atoms with van der Waals surface area (Å²) in [6, 6.07) is 11.1. The topological polar surface area (TPSA) is 43.4 Å². The van der Waals surface area contributed by atoms with Crippen molar-refractivity contribution in [2.24, 2.45) is 0 Å². The lowest BCUT2D eigenvalue weighted by Gasteiger charge is -2.22. The molecule has 0 N–H and O–H groups in total. The maximum Gasteiger partial charge on any atom is 0.337 e. The van der Waals surface area contributed by atoms with Crippen molar-refractivity contribution in [3.63, 3.8) is 0 Å². The highest BCUT2D eigenvalue weighted by Crippen LogP contribution is 2.33. The van der Waals surface area contributed by atoms with Crippen LogP contribution in [0.5, 0.6) is 0 Å². The minimum absolute atomic E-state index is 0.0385. The summed E-state index contributed by atoms with van der Waals surface area (Å²) < 4.78 is 4.79. The van der Waals surface area contributed by atoms with Gasteiger partial charge in [-0.2, -0.15) is 0 Å². The molecule has 2 rings (SSSR count). The van der Waals surface area contributed by atoms with Crippen molar-refractivity contribution in [1.82, 2.24) is 0 Å². The summed E-state index contributed by atoms with van der Waals surface area (Å²) in [7, 11) is 1.34. The van der Waals surface area contributed by atoms with Gasteiger partial charge in [0.25, 0.3) is 0 Å². The molecule has 0 fully saturated rings. The molecule has 0 aliphatic carbocycles. The van der Waals surface area contributed by atoms with Crippen molar-refractivity contribution in [3.05, 3.63) is 69.8 Å². The third kappa shape index (κ3) is 4.47. The first-order valence-corrected chi connectivity index (χ1v) is 9.58. The predicted octanol–water partition coefficient (Wildman–Crippen LogP) is 6.07. The van der Waals surface area contributed by atoms with Crippen LogP contribution in [0.1, 0.15) is 102 Å². The van der Waals surface area contributed by atoms with Gasteiger partial charge in [0.15, 0.2) is 5.78 Å². The van der Waals surface area contributed by atoms with Crippen LogP contribution in [0.4, 0.5) is 0 Å². The zero-order chi connectivity index (χ0) is 20.3. The highest BCUT2D eigenvalue weighted by Gasteiger charge is 2.23. The Hall–Kier alpha value is -2.42. The van der Waals surface area contributed by atoms with Crippen molar-refractivity contribution < 1.29 is 14.3 Å². The molecule has 0 radical (unpaired) electrons. The first-order valence-electron chi connectivity index (χ1n) is 9.58. The largest absolute Gasteiger partial charge is 0.465 e. The Kier molecular flexibility index (Phi) is 6.59. The maximum absolute atomic E-state index is 13.5. The Balaban J connectivity index is 2.69. The van der Waals surface area contributed by atoms with Crippen LogP contribution in [0.25, 0.3) is 0 Å². The molecular formula is C24H30O3. The van der Waals surface area contributed by atoms with E-state index in [2.05, 4.69) is 53.7 Å². The fourth-order valence-corrected chi connectivity index (χ4v) is 3.27. The molecule has 0 aliphatic heterocycles. The van der Waals surface area contributed by atoms with Crippen LogP contribution in [-0.4, -0.2) is 18.9 Å². The van der Waals surface area contributed by atoms with Gasteiger partial charge in [0.05, 0.1) is 12.7 Å². The van der Waals surface area contributed by atoms with Gasteiger partial charge >= 0.3 is 5.97 Å². The van der Waals surface area contributed by atoms with E-state index in [1.54, 1.807) is 24.3 Å². The van der Waals surface area contributed by atoms with E-state index in [-0.39, 0.29) is 17.6 Å². The SMILES string of the molecule is COC(=O)c1cccc(C(=O)c2c(C(C)C)cc(C(C)C)cc2C(C)C)c1. The normalized spacial score (nSPS) is 11.3. The number of carbonyl (C=O) groups excluding carboxylic acids is 2. The standard InChI is InChI=1S/C24H30O3/c1-14(2)19-12-20(15(3)4)22(21(13-19)16(5)6)23(25)17-9-8-10-18(11-17)24(26)27-7/h8-16H,1-7H3. The van der Waals surface area contributed by atoms with Crippen LogP contribution in [0.15, 0.2) is 36.4 Å². The van der Waals surface area contributed by atoms with Gasteiger partial charge in [-0.1, -0.05) is 65.8 Å². The van der Waals surface area contributed by atoms with Crippen LogP contribution in [0.3, 0.4) is 0 Å². The monoisotopic (exact) mass is 366 g/mol. The van der Waals surface area contributed by atoms with Gasteiger partial charge < -0.3 is 4.74 Å². The summed E-state index contributed by atoms with van der Waals surface area (Å²) in [5.74, 6) is 0.371. The minimum Gasteiger partial charge on any atom is -0.465 e. The highest BCUT2D eigenvalue weighted by molar-refractivity contribution is 6.12. The molecule has 0 saturated carbocycles. The minimum atomic E-state index is -0.437. The van der Waals surface area contributed by atoms with Crippen molar-refractivity contribution in [1.29, 1.82) is 0 Å². The smallest absolute Gasteiger partial charge is 0.337 e. The predicted molar refractivity (Wildman–Crippen MR) is 110 cm³/mol. The summed E-state index contributed by atoms with van der Waals surface area (Å²) in [4.78, 5) is 25.4. The number of hydrogen-bond acceptors (Lipinski definition) is 3. The van der Waals surface area contributed by atoms with Crippen LogP contribution in [-0.2, 0) is 4.74 Å². The Labute approximate surface area is 162 Å².